The van der Waals surface area contributed by atoms with Gasteiger partial charge in [-0.1, -0.05) is 24.1 Å². The number of hydrogen-bond acceptors (Lipinski definition) is 6. The van der Waals surface area contributed by atoms with Crippen molar-refractivity contribution in [3.05, 3.63) is 58.1 Å². The third-order valence-corrected chi connectivity index (χ3v) is 11.9. The maximum Gasteiger partial charge on any atom is 0.264 e. The second kappa shape index (κ2) is 10.6. The van der Waals surface area contributed by atoms with Crippen LogP contribution in [0.4, 0.5) is 5.69 Å². The monoisotopic (exact) mass is 574 g/mol. The number of carbonyl (C=O) groups excluding carboxylic acids is 1. The van der Waals surface area contributed by atoms with Crippen LogP contribution in [0.15, 0.2) is 36.4 Å². The summed E-state index contributed by atoms with van der Waals surface area (Å²) in [5, 5.41) is 1.39. The Morgan fingerprint density at radius 2 is 1.97 bits per heavy atom. The van der Waals surface area contributed by atoms with Crippen LogP contribution < -0.4 is 14.4 Å². The number of amides is 1. The van der Waals surface area contributed by atoms with Crippen LogP contribution in [-0.2, 0) is 21.9 Å². The molecule has 1 N–H and O–H groups in total. The van der Waals surface area contributed by atoms with Gasteiger partial charge in [0.1, 0.15) is 5.75 Å². The number of anilines is 1. The molecule has 0 aromatic heterocycles. The number of fused-ring (bicyclic) bond motifs is 4. The first-order valence-corrected chi connectivity index (χ1v) is 16.9. The van der Waals surface area contributed by atoms with Crippen molar-refractivity contribution in [3.8, 4) is 5.75 Å². The molecule has 2 aliphatic heterocycles. The molecule has 0 saturated heterocycles. The van der Waals surface area contributed by atoms with Crippen molar-refractivity contribution in [1.82, 2.24) is 4.72 Å². The Hall–Kier alpha value is -1.90. The van der Waals surface area contributed by atoms with Gasteiger partial charge in [-0.3, -0.25) is 4.79 Å². The van der Waals surface area contributed by atoms with E-state index in [1.165, 1.54) is 24.0 Å². The van der Waals surface area contributed by atoms with E-state index in [1.54, 1.807) is 6.07 Å². The van der Waals surface area contributed by atoms with Crippen LogP contribution in [-0.4, -0.2) is 50.8 Å². The molecule has 2 heterocycles. The van der Waals surface area contributed by atoms with E-state index in [2.05, 4.69) is 21.8 Å². The van der Waals surface area contributed by atoms with E-state index in [9.17, 15) is 13.2 Å². The zero-order valence-electron chi connectivity index (χ0n) is 21.6. The number of nitrogens with zero attached hydrogens (tertiary/aromatic N) is 1. The summed E-state index contributed by atoms with van der Waals surface area (Å²) in [6.45, 7) is 2.27. The van der Waals surface area contributed by atoms with E-state index in [0.29, 0.717) is 29.8 Å². The third kappa shape index (κ3) is 5.28. The molecule has 0 radical (unpaired) electrons. The highest BCUT2D eigenvalue weighted by Gasteiger charge is 2.43. The standard InChI is InChI=1S/C29H35ClN2O4S2/c30-23-8-9-24-20(15-23)5-4-12-29(24)18-32-17-22-7-11-27(22)37-13-2-1-3-14-38(34,35)31-28(33)21-6-10-26(36-19-29)25(32)16-21/h6,8-10,15-16,22,27H,1-5,7,11-14,17-19H2,(H,31,33)/t22-,27-,29+/m1/s1. The lowest BCUT2D eigenvalue weighted by atomic mass is 9.70. The van der Waals surface area contributed by atoms with E-state index < -0.39 is 15.9 Å². The zero-order valence-corrected chi connectivity index (χ0v) is 24.0. The van der Waals surface area contributed by atoms with Crippen LogP contribution in [0.25, 0.3) is 0 Å². The average Bonchev–Trinajstić information content (AvgIpc) is 3.02. The number of nitrogens with one attached hydrogen (secondary N) is 1. The molecule has 3 atom stereocenters. The van der Waals surface area contributed by atoms with Gasteiger partial charge in [-0.2, -0.15) is 11.8 Å². The van der Waals surface area contributed by atoms with Crippen molar-refractivity contribution in [3.63, 3.8) is 0 Å². The van der Waals surface area contributed by atoms with Crippen LogP contribution in [0.1, 0.15) is 66.4 Å². The Morgan fingerprint density at radius 3 is 2.82 bits per heavy atom. The second-order valence-electron chi connectivity index (χ2n) is 11.3. The summed E-state index contributed by atoms with van der Waals surface area (Å²) in [5.41, 5.74) is 3.68. The average molecular weight is 575 g/mol. The number of halogens is 1. The lowest BCUT2D eigenvalue weighted by molar-refractivity contribution is 0.0981. The Kier molecular flexibility index (Phi) is 7.33. The van der Waals surface area contributed by atoms with Crippen LogP contribution in [0.5, 0.6) is 5.75 Å². The Labute approximate surface area is 234 Å². The van der Waals surface area contributed by atoms with Gasteiger partial charge in [-0.15, -0.1) is 0 Å². The van der Waals surface area contributed by atoms with Crippen molar-refractivity contribution >= 4 is 45.0 Å². The van der Waals surface area contributed by atoms with Crippen molar-refractivity contribution in [2.24, 2.45) is 5.92 Å². The fourth-order valence-corrected chi connectivity index (χ4v) is 9.31. The number of benzene rings is 2. The molecular weight excluding hydrogens is 540 g/mol. The number of hydrogen-bond donors (Lipinski definition) is 1. The van der Waals surface area contributed by atoms with E-state index in [0.717, 1.165) is 67.4 Å². The normalized spacial score (nSPS) is 29.2. The molecule has 204 valence electrons. The van der Waals surface area contributed by atoms with Crippen LogP contribution in [0.2, 0.25) is 5.02 Å². The quantitative estimate of drug-likeness (QED) is 0.443. The number of rotatable bonds is 0. The number of sulfonamides is 1. The number of thioether (sulfide) groups is 1. The van der Waals surface area contributed by atoms with Crippen molar-refractivity contribution in [2.45, 2.75) is 62.0 Å². The lowest BCUT2D eigenvalue weighted by Gasteiger charge is -2.44. The summed E-state index contributed by atoms with van der Waals surface area (Å²) in [4.78, 5) is 15.5. The molecule has 2 aromatic rings. The molecule has 0 unspecified atom stereocenters. The zero-order chi connectivity index (χ0) is 26.3. The summed E-state index contributed by atoms with van der Waals surface area (Å²) in [6, 6.07) is 11.6. The minimum atomic E-state index is -3.68. The van der Waals surface area contributed by atoms with Crippen LogP contribution in [0.3, 0.4) is 0 Å². The van der Waals surface area contributed by atoms with E-state index >= 15 is 0 Å². The molecule has 2 aromatic carbocycles. The highest BCUT2D eigenvalue weighted by atomic mass is 35.5. The van der Waals surface area contributed by atoms with Gasteiger partial charge in [0.2, 0.25) is 10.0 Å². The van der Waals surface area contributed by atoms with Gasteiger partial charge in [0.05, 0.1) is 18.0 Å². The van der Waals surface area contributed by atoms with Crippen molar-refractivity contribution in [1.29, 1.82) is 0 Å². The van der Waals surface area contributed by atoms with Crippen LogP contribution >= 0.6 is 23.4 Å². The largest absolute Gasteiger partial charge is 0.490 e. The van der Waals surface area contributed by atoms with Crippen LogP contribution in [0, 0.1) is 5.92 Å². The smallest absolute Gasteiger partial charge is 0.264 e. The predicted molar refractivity (Wildman–Crippen MR) is 154 cm³/mol. The fourth-order valence-electron chi connectivity index (χ4n) is 6.56. The van der Waals surface area contributed by atoms with Gasteiger partial charge in [0.25, 0.3) is 5.91 Å². The summed E-state index contributed by atoms with van der Waals surface area (Å²) >= 11 is 8.42. The molecule has 6 nitrogen and oxygen atoms in total. The Bertz CT molecular complexity index is 1330. The predicted octanol–water partition coefficient (Wildman–Crippen LogP) is 5.57. The van der Waals surface area contributed by atoms with Gasteiger partial charge in [0.15, 0.2) is 0 Å². The maximum atomic E-state index is 13.0. The second-order valence-corrected chi connectivity index (χ2v) is 15.0. The molecule has 1 spiro atoms. The summed E-state index contributed by atoms with van der Waals surface area (Å²) in [6.07, 6.45) is 7.99. The van der Waals surface area contributed by atoms with Gasteiger partial charge in [0, 0.05) is 34.3 Å². The molecule has 6 rings (SSSR count). The summed E-state index contributed by atoms with van der Waals surface area (Å²) in [5.74, 6) is 1.79. The maximum absolute atomic E-state index is 13.0. The fraction of sp³-hybridized carbons (Fsp3) is 0.552. The van der Waals surface area contributed by atoms with E-state index in [1.807, 2.05) is 30.0 Å². The van der Waals surface area contributed by atoms with Gasteiger partial charge in [-0.25, -0.2) is 13.1 Å². The number of ether oxygens (including phenoxy) is 1. The summed E-state index contributed by atoms with van der Waals surface area (Å²) < 4.78 is 34.0. The molecule has 2 aliphatic carbocycles. The highest BCUT2D eigenvalue weighted by Crippen LogP contribution is 2.46. The summed E-state index contributed by atoms with van der Waals surface area (Å²) in [7, 11) is -3.68. The molecule has 2 bridgehead atoms. The first-order valence-electron chi connectivity index (χ1n) is 13.8. The molecule has 1 fully saturated rings. The lowest BCUT2D eigenvalue weighted by Crippen LogP contribution is -2.49. The molecule has 38 heavy (non-hydrogen) atoms. The first kappa shape index (κ1) is 26.3. The molecule has 9 heteroatoms. The van der Waals surface area contributed by atoms with Gasteiger partial charge < -0.3 is 9.64 Å². The minimum absolute atomic E-state index is 0.0262. The molecule has 1 saturated carbocycles. The van der Waals surface area contributed by atoms with E-state index in [-0.39, 0.29) is 11.2 Å². The first-order chi connectivity index (χ1) is 18.3. The van der Waals surface area contributed by atoms with Crippen molar-refractivity contribution in [2.75, 3.05) is 36.1 Å². The third-order valence-electron chi connectivity index (χ3n) is 8.74. The molecular formula is C29H35ClN2O4S2. The SMILES string of the molecule is O=C1NS(=O)(=O)CCCCCS[C@@H]2CC[C@@H]2CN2C[C@@]3(CCCc4cc(Cl)ccc43)COc3ccc1cc32. The topological polar surface area (TPSA) is 75.7 Å². The Balaban J connectivity index is 1.39. The highest BCUT2D eigenvalue weighted by molar-refractivity contribution is 7.99. The molecule has 4 aliphatic rings. The van der Waals surface area contributed by atoms with Crippen molar-refractivity contribution < 1.29 is 17.9 Å². The van der Waals surface area contributed by atoms with Gasteiger partial charge in [-0.05, 0) is 98.1 Å². The van der Waals surface area contributed by atoms with Gasteiger partial charge >= 0.3 is 0 Å². The van der Waals surface area contributed by atoms with E-state index in [4.69, 9.17) is 16.3 Å². The number of carbonyl (C=O) groups is 1. The Morgan fingerprint density at radius 1 is 1.08 bits per heavy atom. The number of aryl methyl sites for hydroxylation is 1. The molecule has 1 amide bonds. The minimum Gasteiger partial charge on any atom is -0.490 e.